The summed E-state index contributed by atoms with van der Waals surface area (Å²) in [7, 11) is -3.42. The zero-order chi connectivity index (χ0) is 22.4. The van der Waals surface area contributed by atoms with Crippen LogP contribution in [0.15, 0.2) is 42.5 Å². The molecule has 0 aliphatic carbocycles. The van der Waals surface area contributed by atoms with Gasteiger partial charge in [0.1, 0.15) is 0 Å². The lowest BCUT2D eigenvalue weighted by atomic mass is 10.1. The summed E-state index contributed by atoms with van der Waals surface area (Å²) < 4.78 is 25.9. The zero-order valence-electron chi connectivity index (χ0n) is 18.7. The fraction of sp³-hybridized carbons (Fsp3) is 0.458. The van der Waals surface area contributed by atoms with Crippen molar-refractivity contribution in [1.82, 2.24) is 0 Å². The van der Waals surface area contributed by atoms with Crippen LogP contribution in [-0.4, -0.2) is 40.2 Å². The van der Waals surface area contributed by atoms with Crippen LogP contribution in [0.1, 0.15) is 43.2 Å². The number of rotatable bonds is 8. The van der Waals surface area contributed by atoms with Gasteiger partial charge in [-0.3, -0.25) is 9.10 Å². The molecule has 1 saturated heterocycles. The Morgan fingerprint density at radius 2 is 1.68 bits per heavy atom. The third-order valence-corrected chi connectivity index (χ3v) is 7.01. The van der Waals surface area contributed by atoms with Crippen LogP contribution in [0.25, 0.3) is 0 Å². The minimum atomic E-state index is -3.42. The SMILES string of the molecule is Cc1ccc(N(CCCC(=O)Nc2ccc(N3CCCCC3)cc2)S(C)(=O)=O)cc1C. The number of piperidine rings is 1. The number of benzene rings is 2. The molecule has 0 saturated carbocycles. The van der Waals surface area contributed by atoms with E-state index in [-0.39, 0.29) is 18.9 Å². The van der Waals surface area contributed by atoms with Gasteiger partial charge in [-0.15, -0.1) is 0 Å². The smallest absolute Gasteiger partial charge is 0.232 e. The standard InChI is InChI=1S/C24H33N3O3S/c1-19-9-12-23(18-20(19)2)27(31(3,29)30)17-7-8-24(28)25-21-10-13-22(14-11-21)26-15-5-4-6-16-26/h9-14,18H,4-8,15-17H2,1-3H3,(H,25,28). The second-order valence-corrected chi connectivity index (χ2v) is 10.3. The molecule has 1 N–H and O–H groups in total. The Morgan fingerprint density at radius 3 is 2.29 bits per heavy atom. The Kier molecular flexibility index (Phi) is 7.59. The zero-order valence-corrected chi connectivity index (χ0v) is 19.5. The first-order valence-electron chi connectivity index (χ1n) is 10.9. The molecular formula is C24H33N3O3S. The van der Waals surface area contributed by atoms with E-state index in [1.807, 2.05) is 56.3 Å². The van der Waals surface area contributed by atoms with E-state index in [0.717, 1.165) is 29.9 Å². The molecule has 0 spiro atoms. The first-order chi connectivity index (χ1) is 14.7. The van der Waals surface area contributed by atoms with Crippen molar-refractivity contribution in [1.29, 1.82) is 0 Å². The van der Waals surface area contributed by atoms with E-state index in [0.29, 0.717) is 12.1 Å². The van der Waals surface area contributed by atoms with Crippen molar-refractivity contribution in [2.24, 2.45) is 0 Å². The van der Waals surface area contributed by atoms with Crippen molar-refractivity contribution in [3.63, 3.8) is 0 Å². The Labute approximate surface area is 186 Å². The van der Waals surface area contributed by atoms with E-state index in [4.69, 9.17) is 0 Å². The van der Waals surface area contributed by atoms with Crippen LogP contribution in [0.3, 0.4) is 0 Å². The van der Waals surface area contributed by atoms with Gasteiger partial charge in [0.2, 0.25) is 15.9 Å². The van der Waals surface area contributed by atoms with E-state index in [2.05, 4.69) is 10.2 Å². The first kappa shape index (κ1) is 23.1. The van der Waals surface area contributed by atoms with E-state index >= 15 is 0 Å². The van der Waals surface area contributed by atoms with Gasteiger partial charge in [-0.05, 0) is 87.1 Å². The van der Waals surface area contributed by atoms with Gasteiger partial charge in [0.15, 0.2) is 0 Å². The number of carbonyl (C=O) groups is 1. The predicted molar refractivity (Wildman–Crippen MR) is 128 cm³/mol. The van der Waals surface area contributed by atoms with Crippen LogP contribution in [0.2, 0.25) is 0 Å². The van der Waals surface area contributed by atoms with Gasteiger partial charge >= 0.3 is 0 Å². The molecular weight excluding hydrogens is 410 g/mol. The highest BCUT2D eigenvalue weighted by Gasteiger charge is 2.18. The normalized spacial score (nSPS) is 14.4. The molecule has 1 aliphatic rings. The number of hydrogen-bond donors (Lipinski definition) is 1. The molecule has 31 heavy (non-hydrogen) atoms. The van der Waals surface area contributed by atoms with Gasteiger partial charge in [0.25, 0.3) is 0 Å². The average molecular weight is 444 g/mol. The Hall–Kier alpha value is -2.54. The second kappa shape index (κ2) is 10.2. The largest absolute Gasteiger partial charge is 0.372 e. The van der Waals surface area contributed by atoms with Gasteiger partial charge in [-0.2, -0.15) is 0 Å². The van der Waals surface area contributed by atoms with Crippen LogP contribution < -0.4 is 14.5 Å². The van der Waals surface area contributed by atoms with Crippen molar-refractivity contribution >= 4 is 33.0 Å². The van der Waals surface area contributed by atoms with Crippen molar-refractivity contribution in [3.8, 4) is 0 Å². The third-order valence-electron chi connectivity index (χ3n) is 5.82. The molecule has 7 heteroatoms. The summed E-state index contributed by atoms with van der Waals surface area (Å²) in [4.78, 5) is 14.8. The number of hydrogen-bond acceptors (Lipinski definition) is 4. The summed E-state index contributed by atoms with van der Waals surface area (Å²) in [5.41, 5.74) is 4.74. The molecule has 2 aromatic rings. The summed E-state index contributed by atoms with van der Waals surface area (Å²) in [5, 5.41) is 2.92. The molecule has 0 unspecified atom stereocenters. The van der Waals surface area contributed by atoms with E-state index in [9.17, 15) is 13.2 Å². The number of anilines is 3. The van der Waals surface area contributed by atoms with Crippen LogP contribution in [0.4, 0.5) is 17.1 Å². The van der Waals surface area contributed by atoms with E-state index < -0.39 is 10.0 Å². The maximum absolute atomic E-state index is 12.4. The van der Waals surface area contributed by atoms with Crippen molar-refractivity contribution in [3.05, 3.63) is 53.6 Å². The average Bonchev–Trinajstić information content (AvgIpc) is 2.74. The molecule has 0 aromatic heterocycles. The molecule has 0 bridgehead atoms. The van der Waals surface area contributed by atoms with Gasteiger partial charge in [-0.25, -0.2) is 8.42 Å². The lowest BCUT2D eigenvalue weighted by Crippen LogP contribution is -2.31. The Morgan fingerprint density at radius 1 is 1.00 bits per heavy atom. The number of nitrogens with one attached hydrogen (secondary N) is 1. The second-order valence-electron chi connectivity index (χ2n) is 8.35. The fourth-order valence-electron chi connectivity index (χ4n) is 3.88. The van der Waals surface area contributed by atoms with Crippen LogP contribution in [0, 0.1) is 13.8 Å². The molecule has 2 aromatic carbocycles. The molecule has 1 aliphatic heterocycles. The minimum absolute atomic E-state index is 0.112. The molecule has 1 amide bonds. The number of sulfonamides is 1. The number of carbonyl (C=O) groups excluding carboxylic acids is 1. The summed E-state index contributed by atoms with van der Waals surface area (Å²) in [6.45, 7) is 6.39. The molecule has 6 nitrogen and oxygen atoms in total. The first-order valence-corrected chi connectivity index (χ1v) is 12.8. The molecule has 0 radical (unpaired) electrons. The highest BCUT2D eigenvalue weighted by Crippen LogP contribution is 2.23. The maximum atomic E-state index is 12.4. The molecule has 0 atom stereocenters. The highest BCUT2D eigenvalue weighted by molar-refractivity contribution is 7.92. The summed E-state index contributed by atoms with van der Waals surface area (Å²) >= 11 is 0. The van der Waals surface area contributed by atoms with Gasteiger partial charge < -0.3 is 10.2 Å². The molecule has 168 valence electrons. The Bertz CT molecular complexity index is 997. The summed E-state index contributed by atoms with van der Waals surface area (Å²) in [5.74, 6) is -0.112. The van der Waals surface area contributed by atoms with Gasteiger partial charge in [0, 0.05) is 37.4 Å². The number of amides is 1. The van der Waals surface area contributed by atoms with Crippen LogP contribution in [0.5, 0.6) is 0 Å². The monoisotopic (exact) mass is 443 g/mol. The van der Waals surface area contributed by atoms with E-state index in [1.54, 1.807) is 0 Å². The van der Waals surface area contributed by atoms with Gasteiger partial charge in [-0.1, -0.05) is 6.07 Å². The molecule has 1 fully saturated rings. The van der Waals surface area contributed by atoms with E-state index in [1.165, 1.54) is 35.5 Å². The van der Waals surface area contributed by atoms with Gasteiger partial charge in [0.05, 0.1) is 11.9 Å². The topological polar surface area (TPSA) is 69.7 Å². The van der Waals surface area contributed by atoms with Crippen molar-refractivity contribution in [2.75, 3.05) is 40.4 Å². The predicted octanol–water partition coefficient (Wildman–Crippen LogP) is 4.48. The third kappa shape index (κ3) is 6.47. The quantitative estimate of drug-likeness (QED) is 0.653. The Balaban J connectivity index is 1.53. The minimum Gasteiger partial charge on any atom is -0.372 e. The number of nitrogens with zero attached hydrogens (tertiary/aromatic N) is 2. The lowest BCUT2D eigenvalue weighted by molar-refractivity contribution is -0.116. The number of aryl methyl sites for hydroxylation is 2. The summed E-state index contributed by atoms with van der Waals surface area (Å²) in [6, 6.07) is 13.6. The molecule has 1 heterocycles. The fourth-order valence-corrected chi connectivity index (χ4v) is 4.84. The highest BCUT2D eigenvalue weighted by atomic mass is 32.2. The lowest BCUT2D eigenvalue weighted by Gasteiger charge is -2.28. The molecule has 3 rings (SSSR count). The van der Waals surface area contributed by atoms with Crippen LogP contribution >= 0.6 is 0 Å². The summed E-state index contributed by atoms with van der Waals surface area (Å²) in [6.07, 6.45) is 5.65. The van der Waals surface area contributed by atoms with Crippen molar-refractivity contribution < 1.29 is 13.2 Å². The maximum Gasteiger partial charge on any atom is 0.232 e. The van der Waals surface area contributed by atoms with Crippen molar-refractivity contribution in [2.45, 2.75) is 46.0 Å². The van der Waals surface area contributed by atoms with Crippen LogP contribution in [-0.2, 0) is 14.8 Å².